The largest absolute Gasteiger partial charge is 0.238 e. The molecule has 1 aliphatic carbocycles. The summed E-state index contributed by atoms with van der Waals surface area (Å²) in [4.78, 5) is 0. The van der Waals surface area contributed by atoms with Crippen molar-refractivity contribution in [3.05, 3.63) is 0 Å². The topological polar surface area (TPSA) is 0 Å². The molecular weight excluding hydrogens is 226 g/mol. The van der Waals surface area contributed by atoms with Crippen LogP contribution in [0.25, 0.3) is 0 Å². The molecule has 0 aromatic heterocycles. The van der Waals surface area contributed by atoms with E-state index in [1.807, 2.05) is 0 Å². The third kappa shape index (κ3) is 2.68. The van der Waals surface area contributed by atoms with E-state index in [2.05, 4.69) is 15.9 Å². The summed E-state index contributed by atoms with van der Waals surface area (Å²) in [5.74, 6) is 0. The van der Waals surface area contributed by atoms with Crippen molar-refractivity contribution >= 4 is 15.9 Å². The minimum Gasteiger partial charge on any atom is -0.211 e. The normalized spacial score (nSPS) is 21.0. The van der Waals surface area contributed by atoms with E-state index in [0.717, 1.165) is 11.8 Å². The van der Waals surface area contributed by atoms with E-state index in [9.17, 15) is 8.78 Å². The number of hydrogen-bond donors (Lipinski definition) is 0. The Morgan fingerprint density at radius 2 is 2.00 bits per heavy atom. The summed E-state index contributed by atoms with van der Waals surface area (Å²) in [6.07, 6.45) is 3.35. The van der Waals surface area contributed by atoms with Crippen molar-refractivity contribution in [3.8, 4) is 0 Å². The summed E-state index contributed by atoms with van der Waals surface area (Å²) in [7, 11) is 0. The number of rotatable bonds is 5. The van der Waals surface area contributed by atoms with Crippen molar-refractivity contribution in [2.75, 3.05) is 5.33 Å². The van der Waals surface area contributed by atoms with E-state index in [1.165, 1.54) is 19.3 Å². The third-order valence-electron chi connectivity index (χ3n) is 2.83. The highest BCUT2D eigenvalue weighted by atomic mass is 79.9. The maximum absolute atomic E-state index is 11.8. The molecule has 0 aliphatic heterocycles. The molecule has 0 amide bonds. The predicted octanol–water partition coefficient (Wildman–Crippen LogP) is 3.99. The summed E-state index contributed by atoms with van der Waals surface area (Å²) in [6, 6.07) is 0. The molecule has 1 fully saturated rings. The zero-order valence-corrected chi connectivity index (χ0v) is 8.75. The smallest absolute Gasteiger partial charge is 0.211 e. The fourth-order valence-electron chi connectivity index (χ4n) is 1.76. The van der Waals surface area contributed by atoms with Crippen LogP contribution in [-0.2, 0) is 0 Å². The second-order valence-electron chi connectivity index (χ2n) is 3.77. The molecule has 0 saturated heterocycles. The number of halogens is 3. The van der Waals surface area contributed by atoms with Crippen LogP contribution in [0.1, 0.15) is 38.5 Å². The van der Waals surface area contributed by atoms with E-state index < -0.39 is 6.43 Å². The highest BCUT2D eigenvalue weighted by Crippen LogP contribution is 2.46. The fraction of sp³-hybridized carbons (Fsp3) is 1.00. The second-order valence-corrected chi connectivity index (χ2v) is 4.33. The van der Waals surface area contributed by atoms with Crippen LogP contribution in [0.3, 0.4) is 0 Å². The van der Waals surface area contributed by atoms with Crippen molar-refractivity contribution in [1.29, 1.82) is 0 Å². The van der Waals surface area contributed by atoms with Gasteiger partial charge in [0.25, 0.3) is 0 Å². The Morgan fingerprint density at radius 3 is 2.33 bits per heavy atom. The highest BCUT2D eigenvalue weighted by Gasteiger charge is 2.35. The van der Waals surface area contributed by atoms with Gasteiger partial charge in [-0.25, -0.2) is 8.78 Å². The van der Waals surface area contributed by atoms with E-state index in [0.29, 0.717) is 11.8 Å². The Morgan fingerprint density at radius 1 is 1.33 bits per heavy atom. The first kappa shape index (κ1) is 10.4. The van der Waals surface area contributed by atoms with Gasteiger partial charge in [-0.15, -0.1) is 0 Å². The van der Waals surface area contributed by atoms with E-state index in [1.54, 1.807) is 0 Å². The zero-order chi connectivity index (χ0) is 9.03. The molecule has 0 aromatic rings. The van der Waals surface area contributed by atoms with Crippen LogP contribution in [-0.4, -0.2) is 11.8 Å². The van der Waals surface area contributed by atoms with E-state index >= 15 is 0 Å². The lowest BCUT2D eigenvalue weighted by Crippen LogP contribution is -2.30. The summed E-state index contributed by atoms with van der Waals surface area (Å²) in [6.45, 7) is 0. The molecule has 0 bridgehead atoms. The molecule has 0 atom stereocenters. The van der Waals surface area contributed by atoms with Gasteiger partial charge in [-0.1, -0.05) is 22.4 Å². The van der Waals surface area contributed by atoms with Crippen molar-refractivity contribution in [1.82, 2.24) is 0 Å². The molecule has 0 radical (unpaired) electrons. The van der Waals surface area contributed by atoms with Crippen molar-refractivity contribution in [3.63, 3.8) is 0 Å². The molecular formula is C9H15BrF2. The van der Waals surface area contributed by atoms with Gasteiger partial charge in [0.2, 0.25) is 6.43 Å². The Kier molecular flexibility index (Phi) is 3.94. The summed E-state index contributed by atoms with van der Waals surface area (Å²) in [5.41, 5.74) is 0.384. The van der Waals surface area contributed by atoms with Crippen LogP contribution in [0.15, 0.2) is 0 Å². The van der Waals surface area contributed by atoms with Crippen LogP contribution in [0, 0.1) is 5.41 Å². The molecule has 0 nitrogen and oxygen atoms in total. The minimum atomic E-state index is -2.11. The molecule has 1 saturated carbocycles. The Labute approximate surface area is 80.9 Å². The van der Waals surface area contributed by atoms with Crippen LogP contribution < -0.4 is 0 Å². The van der Waals surface area contributed by atoms with Crippen LogP contribution in [0.5, 0.6) is 0 Å². The molecule has 72 valence electrons. The Bertz CT molecular complexity index is 127. The first-order valence-electron chi connectivity index (χ1n) is 4.53. The number of hydrogen-bond acceptors (Lipinski definition) is 0. The van der Waals surface area contributed by atoms with E-state index in [-0.39, 0.29) is 6.42 Å². The molecule has 0 N–H and O–H groups in total. The lowest BCUT2D eigenvalue weighted by molar-refractivity contribution is 0.108. The molecule has 1 aliphatic rings. The van der Waals surface area contributed by atoms with E-state index in [4.69, 9.17) is 0 Å². The van der Waals surface area contributed by atoms with Crippen molar-refractivity contribution < 1.29 is 8.78 Å². The Balaban J connectivity index is 2.12. The van der Waals surface area contributed by atoms with Gasteiger partial charge < -0.3 is 0 Å². The standard InChI is InChI=1S/C9H15BrF2/c10-7-9(5-2-6-9)4-1-3-8(11)12/h8H,1-7H2. The van der Waals surface area contributed by atoms with Crippen molar-refractivity contribution in [2.24, 2.45) is 5.41 Å². The quantitative estimate of drug-likeness (QED) is 0.638. The molecule has 0 spiro atoms. The average molecular weight is 241 g/mol. The maximum Gasteiger partial charge on any atom is 0.238 e. The molecule has 3 heteroatoms. The van der Waals surface area contributed by atoms with Crippen LogP contribution in [0.4, 0.5) is 8.78 Å². The lowest BCUT2D eigenvalue weighted by Gasteiger charge is -2.40. The maximum atomic E-state index is 11.8. The van der Waals surface area contributed by atoms with Gasteiger partial charge in [-0.2, -0.15) is 0 Å². The van der Waals surface area contributed by atoms with Gasteiger partial charge in [0.05, 0.1) is 0 Å². The minimum absolute atomic E-state index is 0.0781. The SMILES string of the molecule is FC(F)CCCC1(CBr)CCC1. The summed E-state index contributed by atoms with van der Waals surface area (Å²) >= 11 is 3.46. The van der Waals surface area contributed by atoms with Gasteiger partial charge in [0.15, 0.2) is 0 Å². The Hall–Kier alpha value is 0.340. The summed E-state index contributed by atoms with van der Waals surface area (Å²) in [5, 5.41) is 0.989. The zero-order valence-electron chi connectivity index (χ0n) is 7.16. The second kappa shape index (κ2) is 4.54. The van der Waals surface area contributed by atoms with Gasteiger partial charge >= 0.3 is 0 Å². The number of alkyl halides is 3. The first-order chi connectivity index (χ1) is 5.68. The van der Waals surface area contributed by atoms with Crippen LogP contribution >= 0.6 is 15.9 Å². The van der Waals surface area contributed by atoms with Gasteiger partial charge in [0.1, 0.15) is 0 Å². The summed E-state index contributed by atoms with van der Waals surface area (Å²) < 4.78 is 23.6. The lowest BCUT2D eigenvalue weighted by atomic mass is 9.67. The molecule has 0 aromatic carbocycles. The molecule has 0 unspecified atom stereocenters. The van der Waals surface area contributed by atoms with Gasteiger partial charge in [-0.3, -0.25) is 0 Å². The fourth-order valence-corrected chi connectivity index (χ4v) is 2.60. The molecule has 12 heavy (non-hydrogen) atoms. The average Bonchev–Trinajstić information content (AvgIpc) is 1.94. The van der Waals surface area contributed by atoms with Crippen LogP contribution in [0.2, 0.25) is 0 Å². The van der Waals surface area contributed by atoms with Gasteiger partial charge in [0, 0.05) is 11.8 Å². The van der Waals surface area contributed by atoms with Gasteiger partial charge in [-0.05, 0) is 31.1 Å². The molecule has 1 rings (SSSR count). The highest BCUT2D eigenvalue weighted by molar-refractivity contribution is 9.09. The van der Waals surface area contributed by atoms with Crippen molar-refractivity contribution in [2.45, 2.75) is 45.0 Å². The molecule has 0 heterocycles. The first-order valence-corrected chi connectivity index (χ1v) is 5.65. The monoisotopic (exact) mass is 240 g/mol. The predicted molar refractivity (Wildman–Crippen MR) is 49.9 cm³/mol. The third-order valence-corrected chi connectivity index (χ3v) is 4.02.